The van der Waals surface area contributed by atoms with E-state index in [1.165, 1.54) is 30.3 Å². The van der Waals surface area contributed by atoms with Crippen LogP contribution >= 0.6 is 0 Å². The van der Waals surface area contributed by atoms with Crippen molar-refractivity contribution in [1.29, 1.82) is 21.0 Å². The van der Waals surface area contributed by atoms with E-state index in [0.717, 1.165) is 36.4 Å². The van der Waals surface area contributed by atoms with Gasteiger partial charge in [0, 0.05) is 11.1 Å². The lowest BCUT2D eigenvalue weighted by atomic mass is 9.85. The fourth-order valence-electron chi connectivity index (χ4n) is 6.14. The van der Waals surface area contributed by atoms with Crippen LogP contribution in [0.2, 0.25) is 0 Å². The van der Waals surface area contributed by atoms with Crippen molar-refractivity contribution in [1.82, 2.24) is 0 Å². The molecule has 0 saturated heterocycles. The highest BCUT2D eigenvalue weighted by atomic mass is 19.4. The summed E-state index contributed by atoms with van der Waals surface area (Å²) >= 11 is 0. The molecule has 4 aromatic carbocycles. The van der Waals surface area contributed by atoms with Crippen LogP contribution in [0.25, 0.3) is 44.5 Å². The van der Waals surface area contributed by atoms with E-state index in [-0.39, 0.29) is 66.8 Å². The third-order valence-electron chi connectivity index (χ3n) is 7.72. The third-order valence-corrected chi connectivity index (χ3v) is 7.72. The first-order valence-electron chi connectivity index (χ1n) is 13.9. The molecule has 0 atom stereocenters. The predicted molar refractivity (Wildman–Crippen MR) is 157 cm³/mol. The van der Waals surface area contributed by atoms with Gasteiger partial charge in [-0.1, -0.05) is 24.3 Å². The van der Waals surface area contributed by atoms with Gasteiger partial charge in [-0.05, 0) is 98.1 Å². The van der Waals surface area contributed by atoms with Crippen molar-refractivity contribution in [2.45, 2.75) is 19.1 Å². The van der Waals surface area contributed by atoms with Gasteiger partial charge in [0.05, 0.1) is 0 Å². The number of hydrogen-bond donors (Lipinski definition) is 0. The lowest BCUT2D eigenvalue weighted by Gasteiger charge is -2.18. The zero-order valence-corrected chi connectivity index (χ0v) is 24.8. The van der Waals surface area contributed by atoms with Gasteiger partial charge in [-0.25, -0.2) is 0 Å². The zero-order chi connectivity index (χ0) is 37.0. The van der Waals surface area contributed by atoms with E-state index in [2.05, 4.69) is 14.2 Å². The number of fused-ring (bicyclic) bond motifs is 6. The van der Waals surface area contributed by atoms with Gasteiger partial charge in [-0.2, -0.15) is 21.0 Å². The first-order valence-corrected chi connectivity index (χ1v) is 13.9. The van der Waals surface area contributed by atoms with E-state index < -0.39 is 47.5 Å². The van der Waals surface area contributed by atoms with Crippen molar-refractivity contribution in [2.75, 3.05) is 0 Å². The van der Waals surface area contributed by atoms with Crippen LogP contribution in [0.3, 0.4) is 0 Å². The topological polar surface area (TPSA) is 123 Å². The van der Waals surface area contributed by atoms with Crippen LogP contribution in [0.5, 0.6) is 17.2 Å². The standard InChI is InChI=1S/C35H11F9N4O3/c36-33(37,38)49-19-3-1-16(2-4-19)30-31-22-7-5-20(50-34(39,40)41)9-24(22)28(17(12-45)13-46)26(31)11-27-29(18(14-47)15-48)25-10-21(51-35(42,43)44)6-8-23(25)32(27)30/h1-11H. The maximum Gasteiger partial charge on any atom is 0.573 e. The second kappa shape index (κ2) is 11.9. The SMILES string of the molecule is N#CC(C#N)=C1c2cc(OC(F)(F)F)ccc2-c2c1cc1c(c2-c2ccc(OC(F)(F)F)cc2)-c2ccc(OC(F)(F)F)cc2C1=C(C#N)C#N. The summed E-state index contributed by atoms with van der Waals surface area (Å²) in [5.41, 5.74) is -0.814. The van der Waals surface area contributed by atoms with Gasteiger partial charge in [-0.15, -0.1) is 39.5 Å². The summed E-state index contributed by atoms with van der Waals surface area (Å²) in [7, 11) is 0. The molecule has 0 aliphatic heterocycles. The molecule has 0 saturated carbocycles. The Morgan fingerprint density at radius 1 is 0.412 bits per heavy atom. The van der Waals surface area contributed by atoms with Gasteiger partial charge in [0.25, 0.3) is 0 Å². The Hall–Kier alpha value is -6.91. The van der Waals surface area contributed by atoms with Crippen molar-refractivity contribution in [2.24, 2.45) is 0 Å². The summed E-state index contributed by atoms with van der Waals surface area (Å²) in [6.07, 6.45) is -15.3. The quantitative estimate of drug-likeness (QED) is 0.132. The lowest BCUT2D eigenvalue weighted by Crippen LogP contribution is -2.17. The molecule has 0 fully saturated rings. The van der Waals surface area contributed by atoms with Gasteiger partial charge in [0.1, 0.15) is 52.7 Å². The first kappa shape index (κ1) is 34.0. The Bertz CT molecular complexity index is 2230. The number of nitrogens with zero attached hydrogens (tertiary/aromatic N) is 4. The van der Waals surface area contributed by atoms with E-state index in [4.69, 9.17) is 0 Å². The Labute approximate surface area is 280 Å². The second-order valence-electron chi connectivity index (χ2n) is 10.6. The minimum absolute atomic E-state index is 0.0175. The van der Waals surface area contributed by atoms with Gasteiger partial charge in [0.2, 0.25) is 0 Å². The molecular formula is C35H11F9N4O3. The highest BCUT2D eigenvalue weighted by Gasteiger charge is 2.40. The molecule has 0 amide bonds. The molecule has 2 aliphatic rings. The van der Waals surface area contributed by atoms with Crippen LogP contribution in [0, 0.1) is 45.3 Å². The Morgan fingerprint density at radius 3 is 1.12 bits per heavy atom. The molecule has 0 N–H and O–H groups in total. The number of alkyl halides is 9. The molecule has 51 heavy (non-hydrogen) atoms. The van der Waals surface area contributed by atoms with Crippen LogP contribution in [-0.4, -0.2) is 19.1 Å². The molecule has 4 aromatic rings. The molecule has 7 nitrogen and oxygen atoms in total. The largest absolute Gasteiger partial charge is 0.573 e. The first-order chi connectivity index (χ1) is 24.0. The van der Waals surface area contributed by atoms with Crippen molar-refractivity contribution >= 4 is 11.1 Å². The van der Waals surface area contributed by atoms with Crippen LogP contribution < -0.4 is 14.2 Å². The molecule has 0 spiro atoms. The van der Waals surface area contributed by atoms with Crippen molar-refractivity contribution < 1.29 is 53.7 Å². The Kier molecular flexibility index (Phi) is 7.93. The van der Waals surface area contributed by atoms with Crippen molar-refractivity contribution in [3.63, 3.8) is 0 Å². The molecular weight excluding hydrogens is 695 g/mol. The van der Waals surface area contributed by atoms with Crippen molar-refractivity contribution in [3.05, 3.63) is 100 Å². The minimum Gasteiger partial charge on any atom is -0.406 e. The van der Waals surface area contributed by atoms with Crippen LogP contribution in [-0.2, 0) is 0 Å². The van der Waals surface area contributed by atoms with E-state index in [1.54, 1.807) is 24.3 Å². The summed E-state index contributed by atoms with van der Waals surface area (Å²) in [4.78, 5) is 0. The lowest BCUT2D eigenvalue weighted by molar-refractivity contribution is -0.275. The summed E-state index contributed by atoms with van der Waals surface area (Å²) in [5, 5.41) is 39.7. The highest BCUT2D eigenvalue weighted by molar-refractivity contribution is 6.17. The van der Waals surface area contributed by atoms with Gasteiger partial charge in [0.15, 0.2) is 0 Å². The molecule has 0 radical (unpaired) electrons. The maximum atomic E-state index is 13.2. The molecule has 2 aliphatic carbocycles. The fraction of sp³-hybridized carbons (Fsp3) is 0.0857. The monoisotopic (exact) mass is 706 g/mol. The van der Waals surface area contributed by atoms with Gasteiger partial charge >= 0.3 is 19.1 Å². The fourth-order valence-corrected chi connectivity index (χ4v) is 6.14. The third kappa shape index (κ3) is 6.23. The summed E-state index contributed by atoms with van der Waals surface area (Å²) in [6.45, 7) is 0. The number of halogens is 9. The van der Waals surface area contributed by atoms with Crippen molar-refractivity contribution in [3.8, 4) is 74.9 Å². The predicted octanol–water partition coefficient (Wildman–Crippen LogP) is 9.71. The summed E-state index contributed by atoms with van der Waals surface area (Å²) in [6, 6.07) is 18.6. The van der Waals surface area contributed by atoms with E-state index in [0.29, 0.717) is 0 Å². The molecule has 6 rings (SSSR count). The average Bonchev–Trinajstić information content (AvgIpc) is 3.51. The molecule has 0 aromatic heterocycles. The molecule has 252 valence electrons. The number of benzene rings is 4. The summed E-state index contributed by atoms with van der Waals surface area (Å²) < 4.78 is 130. The smallest absolute Gasteiger partial charge is 0.406 e. The Balaban J connectivity index is 1.77. The number of hydrogen-bond acceptors (Lipinski definition) is 7. The highest BCUT2D eigenvalue weighted by Crippen LogP contribution is 2.59. The van der Waals surface area contributed by atoms with E-state index >= 15 is 0 Å². The van der Waals surface area contributed by atoms with Crippen LogP contribution in [0.4, 0.5) is 39.5 Å². The number of allylic oxidation sites excluding steroid dienone is 2. The molecule has 0 heterocycles. The minimum atomic E-state index is -5.13. The van der Waals surface area contributed by atoms with Gasteiger partial charge < -0.3 is 14.2 Å². The number of nitriles is 4. The molecule has 0 bridgehead atoms. The molecule has 16 heteroatoms. The zero-order valence-electron chi connectivity index (χ0n) is 24.8. The number of rotatable bonds is 4. The Morgan fingerprint density at radius 2 is 0.765 bits per heavy atom. The molecule has 0 unspecified atom stereocenters. The number of ether oxygens (including phenoxy) is 3. The van der Waals surface area contributed by atoms with E-state index in [9.17, 15) is 60.6 Å². The average molecular weight is 706 g/mol. The maximum absolute atomic E-state index is 13.2. The summed E-state index contributed by atoms with van der Waals surface area (Å²) in [5.74, 6) is -2.07. The van der Waals surface area contributed by atoms with Gasteiger partial charge in [-0.3, -0.25) is 0 Å². The van der Waals surface area contributed by atoms with Crippen LogP contribution in [0.15, 0.2) is 77.9 Å². The normalized spacial score (nSPS) is 12.6. The van der Waals surface area contributed by atoms with E-state index in [1.807, 2.05) is 0 Å². The van der Waals surface area contributed by atoms with Crippen LogP contribution in [0.1, 0.15) is 22.3 Å². The second-order valence-corrected chi connectivity index (χ2v) is 10.6.